The molecule has 7 heteroatoms. The van der Waals surface area contributed by atoms with Crippen LogP contribution in [0, 0.1) is 12.8 Å². The minimum Gasteiger partial charge on any atom is -0.479 e. The summed E-state index contributed by atoms with van der Waals surface area (Å²) in [5.74, 6) is -1.92. The molecule has 0 spiro atoms. The first-order chi connectivity index (χ1) is 13.9. The maximum Gasteiger partial charge on any atom is 0.330 e. The fourth-order valence-electron chi connectivity index (χ4n) is 3.49. The van der Waals surface area contributed by atoms with E-state index in [1.165, 1.54) is 0 Å². The van der Waals surface area contributed by atoms with Crippen molar-refractivity contribution in [2.24, 2.45) is 5.92 Å². The van der Waals surface area contributed by atoms with Crippen molar-refractivity contribution in [2.75, 3.05) is 18.4 Å². The lowest BCUT2D eigenvalue weighted by atomic mass is 9.96. The van der Waals surface area contributed by atoms with Crippen molar-refractivity contribution in [3.05, 3.63) is 65.7 Å². The zero-order chi connectivity index (χ0) is 20.8. The average molecular weight is 395 g/mol. The predicted molar refractivity (Wildman–Crippen MR) is 109 cm³/mol. The van der Waals surface area contributed by atoms with Gasteiger partial charge in [0.05, 0.1) is 5.92 Å². The molecule has 2 aromatic carbocycles. The Bertz CT molecular complexity index is 885. The molecule has 7 nitrogen and oxygen atoms in total. The van der Waals surface area contributed by atoms with E-state index in [4.69, 9.17) is 0 Å². The number of carboxylic acids is 1. The van der Waals surface area contributed by atoms with E-state index in [2.05, 4.69) is 10.6 Å². The Morgan fingerprint density at radius 1 is 1.10 bits per heavy atom. The number of aryl methyl sites for hydroxylation is 1. The van der Waals surface area contributed by atoms with Gasteiger partial charge >= 0.3 is 12.0 Å². The van der Waals surface area contributed by atoms with Gasteiger partial charge in [-0.15, -0.1) is 0 Å². The van der Waals surface area contributed by atoms with Gasteiger partial charge in [-0.05, 0) is 43.0 Å². The molecule has 0 radical (unpaired) electrons. The van der Waals surface area contributed by atoms with E-state index in [0.717, 1.165) is 5.56 Å². The number of amides is 3. The Labute approximate surface area is 169 Å². The molecule has 0 aromatic heterocycles. The smallest absolute Gasteiger partial charge is 0.330 e. The fraction of sp³-hybridized carbons (Fsp3) is 0.318. The monoisotopic (exact) mass is 395 g/mol. The van der Waals surface area contributed by atoms with Crippen molar-refractivity contribution in [1.82, 2.24) is 10.2 Å². The number of piperidine rings is 1. The molecule has 3 amide bonds. The van der Waals surface area contributed by atoms with Gasteiger partial charge < -0.3 is 20.6 Å². The van der Waals surface area contributed by atoms with Gasteiger partial charge in [-0.2, -0.15) is 0 Å². The number of rotatable bonds is 5. The van der Waals surface area contributed by atoms with E-state index in [1.54, 1.807) is 35.2 Å². The summed E-state index contributed by atoms with van der Waals surface area (Å²) in [5.41, 5.74) is 2.26. The predicted octanol–water partition coefficient (Wildman–Crippen LogP) is 3.18. The Kier molecular flexibility index (Phi) is 6.49. The van der Waals surface area contributed by atoms with Crippen LogP contribution in [0.2, 0.25) is 0 Å². The molecule has 29 heavy (non-hydrogen) atoms. The van der Waals surface area contributed by atoms with E-state index in [1.807, 2.05) is 31.2 Å². The maximum absolute atomic E-state index is 12.7. The highest BCUT2D eigenvalue weighted by atomic mass is 16.4. The molecule has 3 rings (SSSR count). The molecule has 152 valence electrons. The zero-order valence-corrected chi connectivity index (χ0v) is 16.3. The van der Waals surface area contributed by atoms with Gasteiger partial charge in [-0.1, -0.05) is 42.5 Å². The van der Waals surface area contributed by atoms with Gasteiger partial charge in [-0.3, -0.25) is 4.79 Å². The lowest BCUT2D eigenvalue weighted by Crippen LogP contribution is -2.48. The number of hydrogen-bond acceptors (Lipinski definition) is 3. The third-order valence-electron chi connectivity index (χ3n) is 5.02. The van der Waals surface area contributed by atoms with Crippen molar-refractivity contribution in [3.63, 3.8) is 0 Å². The third-order valence-corrected chi connectivity index (χ3v) is 5.02. The number of anilines is 1. The van der Waals surface area contributed by atoms with Crippen molar-refractivity contribution in [1.29, 1.82) is 0 Å². The number of likely N-dealkylation sites (tertiary alicyclic amines) is 1. The van der Waals surface area contributed by atoms with E-state index in [9.17, 15) is 19.5 Å². The van der Waals surface area contributed by atoms with Crippen molar-refractivity contribution >= 4 is 23.6 Å². The van der Waals surface area contributed by atoms with E-state index >= 15 is 0 Å². The van der Waals surface area contributed by atoms with Crippen LogP contribution in [0.25, 0.3) is 0 Å². The van der Waals surface area contributed by atoms with Crippen LogP contribution < -0.4 is 10.6 Å². The van der Waals surface area contributed by atoms with Gasteiger partial charge in [0.2, 0.25) is 5.91 Å². The number of benzene rings is 2. The van der Waals surface area contributed by atoms with Gasteiger partial charge in [-0.25, -0.2) is 9.59 Å². The molecule has 3 N–H and O–H groups in total. The van der Waals surface area contributed by atoms with Crippen LogP contribution in [-0.4, -0.2) is 41.0 Å². The highest BCUT2D eigenvalue weighted by Crippen LogP contribution is 2.21. The Hall–Kier alpha value is -3.35. The Balaban J connectivity index is 1.62. The minimum atomic E-state index is -1.12. The fourth-order valence-corrected chi connectivity index (χ4v) is 3.49. The van der Waals surface area contributed by atoms with Crippen molar-refractivity contribution in [3.8, 4) is 0 Å². The molecule has 2 aromatic rings. The molecule has 1 aliphatic rings. The minimum absolute atomic E-state index is 0.255. The molecule has 1 heterocycles. The molecule has 0 bridgehead atoms. The summed E-state index contributed by atoms with van der Waals surface area (Å²) in [4.78, 5) is 38.6. The maximum atomic E-state index is 12.7. The van der Waals surface area contributed by atoms with Crippen LogP contribution in [0.4, 0.5) is 10.5 Å². The SMILES string of the molecule is Cc1cccc(NC(=O)N2CCCC(C(=O)N[C@H](C(=O)O)c3ccccc3)C2)c1. The molecule has 1 saturated heterocycles. The van der Waals surface area contributed by atoms with E-state index in [0.29, 0.717) is 30.6 Å². The summed E-state index contributed by atoms with van der Waals surface area (Å²) in [6, 6.07) is 14.7. The van der Waals surface area contributed by atoms with Crippen LogP contribution in [0.3, 0.4) is 0 Å². The second-order valence-corrected chi connectivity index (χ2v) is 7.28. The van der Waals surface area contributed by atoms with Crippen LogP contribution in [0.1, 0.15) is 30.0 Å². The largest absolute Gasteiger partial charge is 0.479 e. The first kappa shape index (κ1) is 20.4. The van der Waals surface area contributed by atoms with E-state index in [-0.39, 0.29) is 18.5 Å². The highest BCUT2D eigenvalue weighted by molar-refractivity contribution is 5.90. The number of carbonyl (C=O) groups excluding carboxylic acids is 2. The highest BCUT2D eigenvalue weighted by Gasteiger charge is 2.31. The summed E-state index contributed by atoms with van der Waals surface area (Å²) >= 11 is 0. The first-order valence-electron chi connectivity index (χ1n) is 9.65. The number of urea groups is 1. The summed E-state index contributed by atoms with van der Waals surface area (Å²) in [5, 5.41) is 15.0. The summed E-state index contributed by atoms with van der Waals surface area (Å²) in [7, 11) is 0. The summed E-state index contributed by atoms with van der Waals surface area (Å²) in [6.45, 7) is 2.76. The molecule has 1 fully saturated rings. The molecule has 0 aliphatic carbocycles. The number of aliphatic carboxylic acids is 1. The van der Waals surface area contributed by atoms with Crippen LogP contribution in [0.5, 0.6) is 0 Å². The van der Waals surface area contributed by atoms with Crippen molar-refractivity contribution < 1.29 is 19.5 Å². The normalized spacial score (nSPS) is 17.3. The lowest BCUT2D eigenvalue weighted by Gasteiger charge is -2.32. The third kappa shape index (κ3) is 5.34. The molecule has 1 unspecified atom stereocenters. The van der Waals surface area contributed by atoms with Crippen molar-refractivity contribution in [2.45, 2.75) is 25.8 Å². The van der Waals surface area contributed by atoms with Gasteiger partial charge in [0.25, 0.3) is 0 Å². The standard InChI is InChI=1S/C22H25N3O4/c1-15-7-5-11-18(13-15)23-22(29)25-12-6-10-17(14-25)20(26)24-19(21(27)28)16-8-3-2-4-9-16/h2-5,7-9,11,13,17,19H,6,10,12,14H2,1H3,(H,23,29)(H,24,26)(H,27,28)/t17?,19-/m0/s1. The quantitative estimate of drug-likeness (QED) is 0.724. The molecular weight excluding hydrogens is 370 g/mol. The molecule has 2 atom stereocenters. The van der Waals surface area contributed by atoms with Gasteiger partial charge in [0.1, 0.15) is 0 Å². The number of nitrogens with one attached hydrogen (secondary N) is 2. The van der Waals surface area contributed by atoms with Crippen LogP contribution in [0.15, 0.2) is 54.6 Å². The van der Waals surface area contributed by atoms with Gasteiger partial charge in [0.15, 0.2) is 6.04 Å². The van der Waals surface area contributed by atoms with Crippen LogP contribution >= 0.6 is 0 Å². The lowest BCUT2D eigenvalue weighted by molar-refractivity contribution is -0.143. The summed E-state index contributed by atoms with van der Waals surface area (Å²) in [6.07, 6.45) is 1.30. The topological polar surface area (TPSA) is 98.7 Å². The second-order valence-electron chi connectivity index (χ2n) is 7.28. The Morgan fingerprint density at radius 2 is 1.86 bits per heavy atom. The summed E-state index contributed by atoms with van der Waals surface area (Å²) < 4.78 is 0. The van der Waals surface area contributed by atoms with Gasteiger partial charge in [0, 0.05) is 18.8 Å². The first-order valence-corrected chi connectivity index (χ1v) is 9.65. The number of nitrogens with zero attached hydrogens (tertiary/aromatic N) is 1. The molecule has 1 aliphatic heterocycles. The van der Waals surface area contributed by atoms with E-state index < -0.39 is 17.9 Å². The molecule has 0 saturated carbocycles. The zero-order valence-electron chi connectivity index (χ0n) is 16.3. The molecular formula is C22H25N3O4. The van der Waals surface area contributed by atoms with Crippen LogP contribution in [-0.2, 0) is 9.59 Å². The number of hydrogen-bond donors (Lipinski definition) is 3. The average Bonchev–Trinajstić information content (AvgIpc) is 2.72. The number of carboxylic acid groups (broad SMARTS) is 1. The Morgan fingerprint density at radius 3 is 2.55 bits per heavy atom. The second kappa shape index (κ2) is 9.23. The number of carbonyl (C=O) groups is 3.